The Balaban J connectivity index is 1.77. The van der Waals surface area contributed by atoms with Crippen LogP contribution in [-0.2, 0) is 16.9 Å². The minimum absolute atomic E-state index is 0.176. The Morgan fingerprint density at radius 2 is 1.81 bits per heavy atom. The third kappa shape index (κ3) is 4.27. The Morgan fingerprint density at radius 1 is 1.03 bits per heavy atom. The van der Waals surface area contributed by atoms with Crippen LogP contribution < -0.4 is 10.9 Å². The van der Waals surface area contributed by atoms with Gasteiger partial charge in [-0.05, 0) is 36.4 Å². The molecule has 0 fully saturated rings. The average molecular weight is 475 g/mol. The van der Waals surface area contributed by atoms with Crippen molar-refractivity contribution in [2.24, 2.45) is 7.05 Å². The topological polar surface area (TPSA) is 94.0 Å². The number of nitrogens with zero attached hydrogens (tertiary/aromatic N) is 3. The summed E-state index contributed by atoms with van der Waals surface area (Å²) >= 11 is 12.2. The van der Waals surface area contributed by atoms with Gasteiger partial charge in [-0.1, -0.05) is 35.3 Å². The molecular weight excluding hydrogens is 459 g/mol. The lowest BCUT2D eigenvalue weighted by atomic mass is 10.1. The lowest BCUT2D eigenvalue weighted by molar-refractivity contribution is 0.602. The van der Waals surface area contributed by atoms with Crippen LogP contribution in [0.2, 0.25) is 10.0 Å². The summed E-state index contributed by atoms with van der Waals surface area (Å²) in [6.45, 7) is 0. The van der Waals surface area contributed by atoms with Gasteiger partial charge < -0.3 is 5.32 Å². The molecule has 0 aliphatic rings. The van der Waals surface area contributed by atoms with Crippen molar-refractivity contribution in [3.8, 4) is 11.1 Å². The van der Waals surface area contributed by atoms with Crippen molar-refractivity contribution >= 4 is 55.7 Å². The van der Waals surface area contributed by atoms with Gasteiger partial charge in [-0.25, -0.2) is 13.4 Å². The highest BCUT2D eigenvalue weighted by Crippen LogP contribution is 2.30. The third-order valence-electron chi connectivity index (χ3n) is 4.69. The first-order valence-corrected chi connectivity index (χ1v) is 11.7. The number of aromatic nitrogens is 3. The Hall–Kier alpha value is -2.94. The summed E-state index contributed by atoms with van der Waals surface area (Å²) in [6, 6.07) is 12.9. The van der Waals surface area contributed by atoms with Crippen LogP contribution in [0.5, 0.6) is 0 Å². The number of halogens is 2. The molecule has 1 N–H and O–H groups in total. The number of hydrogen-bond donors (Lipinski definition) is 1. The van der Waals surface area contributed by atoms with Gasteiger partial charge in [-0.3, -0.25) is 9.36 Å². The van der Waals surface area contributed by atoms with Gasteiger partial charge in [0, 0.05) is 46.7 Å². The van der Waals surface area contributed by atoms with Gasteiger partial charge in [0.05, 0.1) is 9.92 Å². The first kappa shape index (κ1) is 21.3. The van der Waals surface area contributed by atoms with E-state index in [1.165, 1.54) is 16.7 Å². The van der Waals surface area contributed by atoms with Crippen LogP contribution in [0.25, 0.3) is 22.2 Å². The molecule has 4 rings (SSSR count). The monoisotopic (exact) mass is 474 g/mol. The molecule has 31 heavy (non-hydrogen) atoms. The predicted octanol–water partition coefficient (Wildman–Crippen LogP) is 4.45. The van der Waals surface area contributed by atoms with Crippen LogP contribution in [0.3, 0.4) is 0 Å². The van der Waals surface area contributed by atoms with E-state index in [1.54, 1.807) is 49.6 Å². The van der Waals surface area contributed by atoms with Crippen molar-refractivity contribution < 1.29 is 8.42 Å². The first-order valence-electron chi connectivity index (χ1n) is 9.03. The molecule has 0 spiro atoms. The van der Waals surface area contributed by atoms with Crippen molar-refractivity contribution in [3.05, 3.63) is 75.1 Å². The van der Waals surface area contributed by atoms with E-state index < -0.39 is 9.84 Å². The largest absolute Gasteiger partial charge is 0.324 e. The van der Waals surface area contributed by atoms with E-state index in [0.29, 0.717) is 37.9 Å². The molecule has 0 saturated heterocycles. The lowest BCUT2D eigenvalue weighted by Crippen LogP contribution is -2.20. The van der Waals surface area contributed by atoms with Gasteiger partial charge >= 0.3 is 0 Å². The molecular formula is C21H16Cl2N4O3S. The van der Waals surface area contributed by atoms with E-state index >= 15 is 0 Å². The minimum Gasteiger partial charge on any atom is -0.324 e. The number of hydrogen-bond acceptors (Lipinski definition) is 6. The van der Waals surface area contributed by atoms with Crippen LogP contribution in [0.1, 0.15) is 0 Å². The molecule has 2 aromatic heterocycles. The summed E-state index contributed by atoms with van der Waals surface area (Å²) in [4.78, 5) is 21.9. The number of anilines is 2. The molecule has 4 aromatic rings. The maximum absolute atomic E-state index is 13.0. The second-order valence-corrected chi connectivity index (χ2v) is 9.80. The SMILES string of the molecule is Cn1c(=O)c(-c2ccc(Cl)cc2Cl)cc2cnc(Nc3cccc(S(C)(=O)=O)c3)nc21. The van der Waals surface area contributed by atoms with E-state index in [2.05, 4.69) is 15.3 Å². The van der Waals surface area contributed by atoms with Crippen molar-refractivity contribution in [1.82, 2.24) is 14.5 Å². The molecule has 0 aliphatic carbocycles. The van der Waals surface area contributed by atoms with Crippen LogP contribution >= 0.6 is 23.2 Å². The Morgan fingerprint density at radius 3 is 2.52 bits per heavy atom. The maximum atomic E-state index is 13.0. The Bertz CT molecular complexity index is 1500. The number of pyridine rings is 1. The normalized spacial score (nSPS) is 11.6. The van der Waals surface area contributed by atoms with E-state index in [9.17, 15) is 13.2 Å². The number of sulfone groups is 1. The first-order chi connectivity index (χ1) is 14.6. The zero-order valence-electron chi connectivity index (χ0n) is 16.4. The van der Waals surface area contributed by atoms with Gasteiger partial charge in [-0.15, -0.1) is 0 Å². The minimum atomic E-state index is -3.35. The molecule has 0 radical (unpaired) electrons. The van der Waals surface area contributed by atoms with Crippen LogP contribution in [0.4, 0.5) is 11.6 Å². The van der Waals surface area contributed by atoms with Gasteiger partial charge in [0.1, 0.15) is 5.65 Å². The Kier molecular flexibility index (Phi) is 5.47. The van der Waals surface area contributed by atoms with Gasteiger partial charge in [0.25, 0.3) is 5.56 Å². The summed E-state index contributed by atoms with van der Waals surface area (Å²) in [7, 11) is -1.74. The zero-order chi connectivity index (χ0) is 22.3. The standard InChI is InChI=1S/C21H16Cl2N4O3S/c1-27-19-12(8-17(20(27)28)16-7-6-13(22)9-18(16)23)11-24-21(26-19)25-14-4-3-5-15(10-14)31(2,29)30/h3-11H,1-2H3,(H,24,25,26). The predicted molar refractivity (Wildman–Crippen MR) is 123 cm³/mol. The van der Waals surface area contributed by atoms with Crippen molar-refractivity contribution in [2.75, 3.05) is 11.6 Å². The molecule has 0 saturated carbocycles. The summed E-state index contributed by atoms with van der Waals surface area (Å²) in [5, 5.41) is 4.46. The molecule has 7 nitrogen and oxygen atoms in total. The molecule has 0 bridgehead atoms. The molecule has 0 atom stereocenters. The second-order valence-electron chi connectivity index (χ2n) is 6.94. The third-order valence-corrected chi connectivity index (χ3v) is 6.35. The second kappa shape index (κ2) is 7.96. The lowest BCUT2D eigenvalue weighted by Gasteiger charge is -2.11. The molecule has 0 aliphatic heterocycles. The average Bonchev–Trinajstić information content (AvgIpc) is 2.71. The maximum Gasteiger partial charge on any atom is 0.259 e. The number of nitrogens with one attached hydrogen (secondary N) is 1. The zero-order valence-corrected chi connectivity index (χ0v) is 18.8. The fraction of sp³-hybridized carbons (Fsp3) is 0.0952. The Labute approximate surface area is 188 Å². The quantitative estimate of drug-likeness (QED) is 0.469. The molecule has 0 amide bonds. The summed E-state index contributed by atoms with van der Waals surface area (Å²) < 4.78 is 25.0. The number of rotatable bonds is 4. The molecule has 0 unspecified atom stereocenters. The van der Waals surface area contributed by atoms with Crippen LogP contribution in [0.15, 0.2) is 64.4 Å². The van der Waals surface area contributed by atoms with E-state index in [4.69, 9.17) is 23.2 Å². The molecule has 2 aromatic carbocycles. The van der Waals surface area contributed by atoms with Crippen LogP contribution in [0, 0.1) is 0 Å². The smallest absolute Gasteiger partial charge is 0.259 e. The van der Waals surface area contributed by atoms with Gasteiger partial charge in [-0.2, -0.15) is 4.98 Å². The summed E-state index contributed by atoms with van der Waals surface area (Å²) in [5.41, 5.74) is 1.61. The number of aryl methyl sites for hydroxylation is 1. The van der Waals surface area contributed by atoms with Crippen molar-refractivity contribution in [1.29, 1.82) is 0 Å². The highest BCUT2D eigenvalue weighted by Gasteiger charge is 2.14. The fourth-order valence-electron chi connectivity index (χ4n) is 3.14. The highest BCUT2D eigenvalue weighted by atomic mass is 35.5. The summed E-state index contributed by atoms with van der Waals surface area (Å²) in [5.74, 6) is 0.227. The molecule has 2 heterocycles. The van der Waals surface area contributed by atoms with Crippen LogP contribution in [-0.4, -0.2) is 29.2 Å². The highest BCUT2D eigenvalue weighted by molar-refractivity contribution is 7.90. The fourth-order valence-corrected chi connectivity index (χ4v) is 4.32. The van der Waals surface area contributed by atoms with E-state index in [-0.39, 0.29) is 16.4 Å². The van der Waals surface area contributed by atoms with Gasteiger partial charge in [0.2, 0.25) is 5.95 Å². The summed E-state index contributed by atoms with van der Waals surface area (Å²) in [6.07, 6.45) is 2.72. The van der Waals surface area contributed by atoms with Crippen molar-refractivity contribution in [2.45, 2.75) is 4.90 Å². The number of benzene rings is 2. The molecule has 10 heteroatoms. The van der Waals surface area contributed by atoms with Crippen molar-refractivity contribution in [3.63, 3.8) is 0 Å². The van der Waals surface area contributed by atoms with E-state index in [0.717, 1.165) is 6.26 Å². The number of fused-ring (bicyclic) bond motifs is 1. The molecule has 158 valence electrons. The van der Waals surface area contributed by atoms with Gasteiger partial charge in [0.15, 0.2) is 9.84 Å². The van der Waals surface area contributed by atoms with E-state index in [1.807, 2.05) is 0 Å².